The van der Waals surface area contributed by atoms with E-state index >= 15 is 0 Å². The Kier molecular flexibility index (Phi) is 6.76. The number of nitriles is 1. The minimum Gasteiger partial charge on any atom is -0.351 e. The van der Waals surface area contributed by atoms with Gasteiger partial charge >= 0.3 is 0 Å². The third-order valence-corrected chi connectivity index (χ3v) is 3.59. The molecule has 2 aromatic rings. The molecule has 0 radical (unpaired) electrons. The molecule has 2 N–H and O–H groups in total. The van der Waals surface area contributed by atoms with Crippen LogP contribution < -0.4 is 10.6 Å². The molecule has 2 aromatic carbocycles. The van der Waals surface area contributed by atoms with Gasteiger partial charge in [-0.3, -0.25) is 9.59 Å². The summed E-state index contributed by atoms with van der Waals surface area (Å²) in [5.74, 6) is -0.620. The Morgan fingerprint density at radius 2 is 1.96 bits per heavy atom. The molecule has 0 atom stereocenters. The maximum atomic E-state index is 12.0. The molecule has 0 aliphatic carbocycles. The van der Waals surface area contributed by atoms with Gasteiger partial charge in [0.05, 0.1) is 6.07 Å². The van der Waals surface area contributed by atoms with Crippen LogP contribution in [0.1, 0.15) is 17.5 Å². The van der Waals surface area contributed by atoms with Gasteiger partial charge in [0, 0.05) is 23.3 Å². The van der Waals surface area contributed by atoms with Crippen molar-refractivity contribution in [1.29, 1.82) is 5.26 Å². The van der Waals surface area contributed by atoms with E-state index in [1.54, 1.807) is 36.4 Å². The Balaban J connectivity index is 1.95. The lowest BCUT2D eigenvalue weighted by molar-refractivity contribution is -0.120. The molecule has 126 valence electrons. The number of benzene rings is 2. The van der Waals surface area contributed by atoms with Crippen molar-refractivity contribution in [2.75, 3.05) is 5.32 Å². The number of nitrogens with one attached hydrogen (secondary N) is 2. The van der Waals surface area contributed by atoms with E-state index in [0.717, 1.165) is 11.1 Å². The van der Waals surface area contributed by atoms with Gasteiger partial charge in [0.15, 0.2) is 0 Å². The second-order valence-corrected chi connectivity index (χ2v) is 5.56. The van der Waals surface area contributed by atoms with Gasteiger partial charge in [0.1, 0.15) is 6.42 Å². The molecule has 0 aromatic heterocycles. The third kappa shape index (κ3) is 6.13. The van der Waals surface area contributed by atoms with Gasteiger partial charge in [0.2, 0.25) is 11.8 Å². The van der Waals surface area contributed by atoms with Crippen LogP contribution in [-0.4, -0.2) is 11.8 Å². The fourth-order valence-electron chi connectivity index (χ4n) is 2.05. The minimum atomic E-state index is -0.334. The highest BCUT2D eigenvalue weighted by Gasteiger charge is 2.03. The summed E-state index contributed by atoms with van der Waals surface area (Å²) >= 11 is 6.03. The zero-order valence-corrected chi connectivity index (χ0v) is 14.1. The standard InChI is InChI=1S/C19H16ClN3O2/c20-17-7-2-1-5-15(17)8-9-19(25)23-16-6-3-4-14(12-16)13-22-18(24)10-11-21/h1-9,12H,10,13H2,(H,22,24)(H,23,25)/b9-8+. The molecule has 0 unspecified atom stereocenters. The summed E-state index contributed by atoms with van der Waals surface area (Å²) in [6.07, 6.45) is 2.87. The number of anilines is 1. The van der Waals surface area contributed by atoms with E-state index in [2.05, 4.69) is 10.6 Å². The Morgan fingerprint density at radius 1 is 1.16 bits per heavy atom. The summed E-state index contributed by atoms with van der Waals surface area (Å²) in [4.78, 5) is 23.3. The van der Waals surface area contributed by atoms with Crippen LogP contribution >= 0.6 is 11.6 Å². The molecule has 0 spiro atoms. The van der Waals surface area contributed by atoms with Crippen molar-refractivity contribution in [2.45, 2.75) is 13.0 Å². The van der Waals surface area contributed by atoms with E-state index in [0.29, 0.717) is 17.3 Å². The van der Waals surface area contributed by atoms with E-state index in [9.17, 15) is 9.59 Å². The highest BCUT2D eigenvalue weighted by atomic mass is 35.5. The summed E-state index contributed by atoms with van der Waals surface area (Å²) in [6.45, 7) is 0.291. The normalized spacial score (nSPS) is 10.2. The molecular weight excluding hydrogens is 338 g/mol. The highest BCUT2D eigenvalue weighted by Crippen LogP contribution is 2.16. The highest BCUT2D eigenvalue weighted by molar-refractivity contribution is 6.32. The molecule has 0 saturated carbocycles. The van der Waals surface area contributed by atoms with Crippen LogP contribution in [0.5, 0.6) is 0 Å². The predicted octanol–water partition coefficient (Wildman–Crippen LogP) is 3.52. The van der Waals surface area contributed by atoms with Gasteiger partial charge in [-0.1, -0.05) is 41.9 Å². The number of nitrogens with zero attached hydrogens (tertiary/aromatic N) is 1. The molecule has 0 aliphatic heterocycles. The monoisotopic (exact) mass is 353 g/mol. The van der Waals surface area contributed by atoms with E-state index in [1.807, 2.05) is 24.3 Å². The summed E-state index contributed by atoms with van der Waals surface area (Å²) in [5, 5.41) is 14.4. The minimum absolute atomic E-state index is 0.177. The Bertz CT molecular complexity index is 841. The fourth-order valence-corrected chi connectivity index (χ4v) is 2.25. The number of amides is 2. The Labute approximate surface area is 150 Å². The van der Waals surface area contributed by atoms with Gasteiger partial charge in [-0.2, -0.15) is 5.26 Å². The molecule has 0 bridgehead atoms. The number of hydrogen-bond donors (Lipinski definition) is 2. The molecule has 25 heavy (non-hydrogen) atoms. The smallest absolute Gasteiger partial charge is 0.248 e. The van der Waals surface area contributed by atoms with E-state index in [-0.39, 0.29) is 18.2 Å². The average molecular weight is 354 g/mol. The SMILES string of the molecule is N#CCC(=O)NCc1cccc(NC(=O)/C=C/c2ccccc2Cl)c1. The molecule has 2 amide bonds. The van der Waals surface area contributed by atoms with Crippen molar-refractivity contribution in [3.8, 4) is 6.07 Å². The lowest BCUT2D eigenvalue weighted by Gasteiger charge is -2.07. The van der Waals surface area contributed by atoms with Crippen molar-refractivity contribution >= 4 is 35.2 Å². The summed E-state index contributed by atoms with van der Waals surface area (Å²) in [7, 11) is 0. The van der Waals surface area contributed by atoms with Crippen molar-refractivity contribution in [3.05, 3.63) is 70.8 Å². The molecule has 0 fully saturated rings. The summed E-state index contributed by atoms with van der Waals surface area (Å²) in [6, 6.07) is 16.1. The lowest BCUT2D eigenvalue weighted by atomic mass is 10.2. The number of halogens is 1. The number of rotatable bonds is 6. The maximum Gasteiger partial charge on any atom is 0.248 e. The quantitative estimate of drug-likeness (QED) is 0.779. The third-order valence-electron chi connectivity index (χ3n) is 3.24. The molecule has 0 aliphatic rings. The molecule has 0 heterocycles. The van der Waals surface area contributed by atoms with Gasteiger partial charge in [0.25, 0.3) is 0 Å². The van der Waals surface area contributed by atoms with Gasteiger partial charge in [-0.05, 0) is 35.4 Å². The van der Waals surface area contributed by atoms with Crippen LogP contribution in [0.2, 0.25) is 5.02 Å². The van der Waals surface area contributed by atoms with Crippen molar-refractivity contribution in [1.82, 2.24) is 5.32 Å². The molecule has 6 heteroatoms. The maximum absolute atomic E-state index is 12.0. The largest absolute Gasteiger partial charge is 0.351 e. The molecule has 5 nitrogen and oxygen atoms in total. The zero-order chi connectivity index (χ0) is 18.1. The van der Waals surface area contributed by atoms with Gasteiger partial charge in [-0.25, -0.2) is 0 Å². The topological polar surface area (TPSA) is 82.0 Å². The van der Waals surface area contributed by atoms with Gasteiger partial charge in [-0.15, -0.1) is 0 Å². The van der Waals surface area contributed by atoms with Crippen LogP contribution in [0.15, 0.2) is 54.6 Å². The van der Waals surface area contributed by atoms with E-state index in [1.165, 1.54) is 6.08 Å². The Morgan fingerprint density at radius 3 is 2.72 bits per heavy atom. The van der Waals surface area contributed by atoms with Crippen LogP contribution in [0.25, 0.3) is 6.08 Å². The van der Waals surface area contributed by atoms with Crippen LogP contribution in [0, 0.1) is 11.3 Å². The van der Waals surface area contributed by atoms with Crippen LogP contribution in [0.3, 0.4) is 0 Å². The Hall–Kier alpha value is -3.10. The lowest BCUT2D eigenvalue weighted by Crippen LogP contribution is -2.21. The fraction of sp³-hybridized carbons (Fsp3) is 0.105. The van der Waals surface area contributed by atoms with Gasteiger partial charge < -0.3 is 10.6 Å². The van der Waals surface area contributed by atoms with Crippen LogP contribution in [0.4, 0.5) is 5.69 Å². The zero-order valence-electron chi connectivity index (χ0n) is 13.3. The number of hydrogen-bond acceptors (Lipinski definition) is 3. The summed E-state index contributed by atoms with van der Waals surface area (Å²) < 4.78 is 0. The predicted molar refractivity (Wildman–Crippen MR) is 97.6 cm³/mol. The number of carbonyl (C=O) groups excluding carboxylic acids is 2. The first kappa shape index (κ1) is 18.2. The molecule has 0 saturated heterocycles. The first-order valence-electron chi connectivity index (χ1n) is 7.54. The first-order valence-corrected chi connectivity index (χ1v) is 7.92. The molecular formula is C19H16ClN3O2. The average Bonchev–Trinajstić information content (AvgIpc) is 2.60. The van der Waals surface area contributed by atoms with Crippen LogP contribution in [-0.2, 0) is 16.1 Å². The van der Waals surface area contributed by atoms with E-state index in [4.69, 9.17) is 16.9 Å². The summed E-state index contributed by atoms with van der Waals surface area (Å²) in [5.41, 5.74) is 2.19. The first-order chi connectivity index (χ1) is 12.1. The van der Waals surface area contributed by atoms with Crippen molar-refractivity contribution < 1.29 is 9.59 Å². The number of carbonyl (C=O) groups is 2. The second kappa shape index (κ2) is 9.26. The van der Waals surface area contributed by atoms with Crippen molar-refractivity contribution in [3.63, 3.8) is 0 Å². The van der Waals surface area contributed by atoms with Crippen molar-refractivity contribution in [2.24, 2.45) is 0 Å². The molecule has 2 rings (SSSR count). The van der Waals surface area contributed by atoms with E-state index < -0.39 is 0 Å². The second-order valence-electron chi connectivity index (χ2n) is 5.16.